The van der Waals surface area contributed by atoms with Crippen LogP contribution in [-0.4, -0.2) is 4.98 Å². The third-order valence-corrected chi connectivity index (χ3v) is 9.93. The standard InChI is InChI=1S/C30H29NS3/c1-16(2)11-20-17(3)33-25-15-26-22(14-21(20)25)27-24(34-26)7-9-31-28(27)19-12-18-8-10-32-29(18)23(13-19)30(4,5)6/h7-10,12-16H,11H2,1-6H3. The molecule has 1 nitrogen and oxygen atoms in total. The maximum absolute atomic E-state index is 4.98. The molecule has 2 aromatic carbocycles. The van der Waals surface area contributed by atoms with Gasteiger partial charge >= 0.3 is 0 Å². The van der Waals surface area contributed by atoms with Crippen LogP contribution in [0.3, 0.4) is 0 Å². The van der Waals surface area contributed by atoms with E-state index in [9.17, 15) is 0 Å². The zero-order chi connectivity index (χ0) is 23.8. The lowest BCUT2D eigenvalue weighted by atomic mass is 9.85. The molecule has 0 saturated heterocycles. The zero-order valence-corrected chi connectivity index (χ0v) is 23.0. The third kappa shape index (κ3) is 3.50. The lowest BCUT2D eigenvalue weighted by Gasteiger charge is -2.21. The van der Waals surface area contributed by atoms with Crippen molar-refractivity contribution in [1.29, 1.82) is 0 Å². The van der Waals surface area contributed by atoms with E-state index in [1.807, 2.05) is 40.2 Å². The van der Waals surface area contributed by atoms with Gasteiger partial charge in [0.2, 0.25) is 0 Å². The second kappa shape index (κ2) is 7.87. The predicted molar refractivity (Wildman–Crippen MR) is 155 cm³/mol. The molecule has 6 rings (SSSR count). The molecule has 0 radical (unpaired) electrons. The van der Waals surface area contributed by atoms with Gasteiger partial charge in [0.1, 0.15) is 0 Å². The van der Waals surface area contributed by atoms with Gasteiger partial charge in [-0.1, -0.05) is 34.6 Å². The van der Waals surface area contributed by atoms with Crippen LogP contribution < -0.4 is 0 Å². The van der Waals surface area contributed by atoms with E-state index < -0.39 is 0 Å². The quantitative estimate of drug-likeness (QED) is 0.236. The molecule has 0 atom stereocenters. The fourth-order valence-electron chi connectivity index (χ4n) is 5.14. The van der Waals surface area contributed by atoms with Gasteiger partial charge < -0.3 is 0 Å². The minimum Gasteiger partial charge on any atom is -0.256 e. The first kappa shape index (κ1) is 22.2. The van der Waals surface area contributed by atoms with Gasteiger partial charge in [-0.05, 0) is 88.4 Å². The first-order valence-corrected chi connectivity index (χ1v) is 14.5. The molecule has 4 aromatic heterocycles. The fraction of sp³-hybridized carbons (Fsp3) is 0.300. The Morgan fingerprint density at radius 1 is 0.912 bits per heavy atom. The molecule has 0 aliphatic carbocycles. The summed E-state index contributed by atoms with van der Waals surface area (Å²) in [5, 5.41) is 7.62. The van der Waals surface area contributed by atoms with Gasteiger partial charge in [-0.2, -0.15) is 0 Å². The van der Waals surface area contributed by atoms with E-state index in [4.69, 9.17) is 4.98 Å². The molecule has 0 N–H and O–H groups in total. The molecule has 0 amide bonds. The summed E-state index contributed by atoms with van der Waals surface area (Å²) in [7, 11) is 0. The monoisotopic (exact) mass is 499 g/mol. The fourth-order valence-corrected chi connectivity index (χ4v) is 8.56. The molecule has 4 heteroatoms. The number of aromatic nitrogens is 1. The van der Waals surface area contributed by atoms with E-state index in [2.05, 4.69) is 83.3 Å². The summed E-state index contributed by atoms with van der Waals surface area (Å²) in [6, 6.07) is 14.0. The van der Waals surface area contributed by atoms with Gasteiger partial charge in [0.15, 0.2) is 0 Å². The third-order valence-electron chi connectivity index (χ3n) is 6.74. The number of aryl methyl sites for hydroxylation is 1. The lowest BCUT2D eigenvalue weighted by Crippen LogP contribution is -2.11. The summed E-state index contributed by atoms with van der Waals surface area (Å²) < 4.78 is 5.49. The Labute approximate surface area is 213 Å². The van der Waals surface area contributed by atoms with Crippen molar-refractivity contribution in [3.05, 3.63) is 64.0 Å². The van der Waals surface area contributed by atoms with Crippen LogP contribution in [0.5, 0.6) is 0 Å². The van der Waals surface area contributed by atoms with Gasteiger partial charge in [0, 0.05) is 46.2 Å². The summed E-state index contributed by atoms with van der Waals surface area (Å²) in [4.78, 5) is 6.44. The Kier molecular flexibility index (Phi) is 5.14. The molecular weight excluding hydrogens is 471 g/mol. The van der Waals surface area contributed by atoms with Gasteiger partial charge in [-0.25, -0.2) is 0 Å². The number of hydrogen-bond acceptors (Lipinski definition) is 4. The van der Waals surface area contributed by atoms with Crippen LogP contribution in [0.2, 0.25) is 0 Å². The highest BCUT2D eigenvalue weighted by molar-refractivity contribution is 7.26. The molecule has 34 heavy (non-hydrogen) atoms. The Bertz CT molecular complexity index is 1700. The normalized spacial score (nSPS) is 12.8. The maximum atomic E-state index is 4.98. The van der Waals surface area contributed by atoms with Crippen molar-refractivity contribution in [3.63, 3.8) is 0 Å². The van der Waals surface area contributed by atoms with E-state index in [0.29, 0.717) is 5.92 Å². The molecule has 0 unspecified atom stereocenters. The number of nitrogens with zero attached hydrogens (tertiary/aromatic N) is 1. The van der Waals surface area contributed by atoms with Crippen LogP contribution >= 0.6 is 34.0 Å². The van der Waals surface area contributed by atoms with Crippen LogP contribution in [0.25, 0.3) is 51.6 Å². The van der Waals surface area contributed by atoms with E-state index >= 15 is 0 Å². The number of hydrogen-bond donors (Lipinski definition) is 0. The van der Waals surface area contributed by atoms with E-state index in [-0.39, 0.29) is 5.41 Å². The Balaban J connectivity index is 1.67. The SMILES string of the molecule is Cc1sc2cc3sc4ccnc(-c5cc(C(C)(C)C)c6sccc6c5)c4c3cc2c1CC(C)C. The summed E-state index contributed by atoms with van der Waals surface area (Å²) in [5.74, 6) is 0.650. The molecule has 172 valence electrons. The summed E-state index contributed by atoms with van der Waals surface area (Å²) in [6.07, 6.45) is 3.12. The Morgan fingerprint density at radius 2 is 1.71 bits per heavy atom. The summed E-state index contributed by atoms with van der Waals surface area (Å²) in [6.45, 7) is 13.8. The van der Waals surface area contributed by atoms with Crippen LogP contribution in [0.1, 0.15) is 50.6 Å². The summed E-state index contributed by atoms with van der Waals surface area (Å²) in [5.41, 5.74) is 5.35. The molecule has 0 saturated carbocycles. The molecular formula is C30H29NS3. The van der Waals surface area contributed by atoms with Crippen molar-refractivity contribution in [1.82, 2.24) is 4.98 Å². The van der Waals surface area contributed by atoms with Gasteiger partial charge in [0.05, 0.1) is 5.69 Å². The second-order valence-electron chi connectivity index (χ2n) is 10.8. The smallest absolute Gasteiger partial charge is 0.0795 e. The number of fused-ring (bicyclic) bond motifs is 5. The second-order valence-corrected chi connectivity index (χ2v) is 14.1. The van der Waals surface area contributed by atoms with Crippen LogP contribution in [-0.2, 0) is 11.8 Å². The highest BCUT2D eigenvalue weighted by Gasteiger charge is 2.21. The van der Waals surface area contributed by atoms with Gasteiger partial charge in [-0.15, -0.1) is 34.0 Å². The van der Waals surface area contributed by atoms with E-state index in [0.717, 1.165) is 12.1 Å². The van der Waals surface area contributed by atoms with Crippen molar-refractivity contribution >= 4 is 74.4 Å². The van der Waals surface area contributed by atoms with Crippen LogP contribution in [0.4, 0.5) is 0 Å². The van der Waals surface area contributed by atoms with E-state index in [1.165, 1.54) is 61.9 Å². The number of benzene rings is 2. The van der Waals surface area contributed by atoms with E-state index in [1.54, 1.807) is 0 Å². The lowest BCUT2D eigenvalue weighted by molar-refractivity contribution is 0.597. The van der Waals surface area contributed by atoms with Crippen molar-refractivity contribution in [2.24, 2.45) is 5.92 Å². The number of pyridine rings is 1. The minimum atomic E-state index is 0.0792. The maximum Gasteiger partial charge on any atom is 0.0795 e. The molecule has 0 spiro atoms. The highest BCUT2D eigenvalue weighted by atomic mass is 32.1. The minimum absolute atomic E-state index is 0.0792. The first-order chi connectivity index (χ1) is 16.2. The number of rotatable bonds is 3. The topological polar surface area (TPSA) is 12.9 Å². The Morgan fingerprint density at radius 3 is 2.47 bits per heavy atom. The molecule has 0 aliphatic heterocycles. The summed E-state index contributed by atoms with van der Waals surface area (Å²) >= 11 is 5.69. The molecule has 4 heterocycles. The molecule has 0 bridgehead atoms. The van der Waals surface area contributed by atoms with Crippen molar-refractivity contribution < 1.29 is 0 Å². The van der Waals surface area contributed by atoms with Crippen molar-refractivity contribution in [2.75, 3.05) is 0 Å². The zero-order valence-electron chi connectivity index (χ0n) is 20.6. The molecule has 6 aromatic rings. The average Bonchev–Trinajstić information content (AvgIpc) is 3.46. The largest absolute Gasteiger partial charge is 0.256 e. The van der Waals surface area contributed by atoms with Gasteiger partial charge in [0.25, 0.3) is 0 Å². The predicted octanol–water partition coefficient (Wildman–Crippen LogP) is 10.4. The first-order valence-electron chi connectivity index (χ1n) is 12.0. The molecule has 0 fully saturated rings. The van der Waals surface area contributed by atoms with Crippen molar-refractivity contribution in [3.8, 4) is 11.3 Å². The van der Waals surface area contributed by atoms with Gasteiger partial charge in [-0.3, -0.25) is 4.98 Å². The van der Waals surface area contributed by atoms with Crippen molar-refractivity contribution in [2.45, 2.75) is 53.4 Å². The highest BCUT2D eigenvalue weighted by Crippen LogP contribution is 2.45. The van der Waals surface area contributed by atoms with Crippen LogP contribution in [0, 0.1) is 12.8 Å². The van der Waals surface area contributed by atoms with Crippen LogP contribution in [0.15, 0.2) is 48.0 Å². The molecule has 0 aliphatic rings. The number of thiophene rings is 3. The average molecular weight is 500 g/mol. The Hall–Kier alpha value is -2.27.